The van der Waals surface area contributed by atoms with Gasteiger partial charge in [-0.3, -0.25) is 9.10 Å². The molecular formula is C30H29Cl2FN2O4S. The van der Waals surface area contributed by atoms with Crippen molar-refractivity contribution in [2.75, 3.05) is 16.6 Å². The normalized spacial score (nSPS) is 25.5. The molecule has 1 amide bonds. The van der Waals surface area contributed by atoms with Gasteiger partial charge in [-0.15, -0.1) is 0 Å². The summed E-state index contributed by atoms with van der Waals surface area (Å²) >= 11 is 12.6. The molecule has 40 heavy (non-hydrogen) atoms. The van der Waals surface area contributed by atoms with Gasteiger partial charge in [-0.25, -0.2) is 12.8 Å². The largest absolute Gasteiger partial charge is 0.357 e. The molecule has 6 nitrogen and oxygen atoms in total. The van der Waals surface area contributed by atoms with Crippen LogP contribution in [0.5, 0.6) is 0 Å². The number of hydrogen-bond donors (Lipinski definition) is 0. The number of benzene rings is 3. The standard InChI is InChI=1S/C30H29Cl2FN2O4S/c1-3-7-19(2)28-30(36)35(24-17-34(40(37,38)18-24)26-11-5-4-10-25(26)33)27(20-12-14-22(31)15-13-20)29(39-28)21-8-6-9-23(32)16-21/h3-16,19,24,27-29H,17-18H2,1-2H3/b7-3+/t19-,24-,27-,28-,29-/m1/s1. The average molecular weight is 604 g/mol. The van der Waals surface area contributed by atoms with Crippen LogP contribution in [0.25, 0.3) is 0 Å². The first-order valence-corrected chi connectivity index (χ1v) is 15.3. The molecule has 0 radical (unpaired) electrons. The number of ether oxygens (including phenoxy) is 1. The van der Waals surface area contributed by atoms with Gasteiger partial charge in [0.2, 0.25) is 10.0 Å². The highest BCUT2D eigenvalue weighted by molar-refractivity contribution is 7.93. The van der Waals surface area contributed by atoms with Gasteiger partial charge in [-0.05, 0) is 54.4 Å². The van der Waals surface area contributed by atoms with Crippen LogP contribution < -0.4 is 4.31 Å². The van der Waals surface area contributed by atoms with E-state index < -0.39 is 40.1 Å². The molecule has 210 valence electrons. The minimum absolute atomic E-state index is 0.0426. The zero-order valence-electron chi connectivity index (χ0n) is 22.0. The molecule has 2 fully saturated rings. The highest BCUT2D eigenvalue weighted by Gasteiger charge is 2.52. The zero-order chi connectivity index (χ0) is 28.6. The lowest BCUT2D eigenvalue weighted by molar-refractivity contribution is -0.182. The number of allylic oxidation sites excluding steroid dienone is 1. The second kappa shape index (κ2) is 11.5. The Bertz CT molecular complexity index is 1530. The maximum Gasteiger partial charge on any atom is 0.253 e. The summed E-state index contributed by atoms with van der Waals surface area (Å²) in [7, 11) is -3.93. The van der Waals surface area contributed by atoms with Crippen LogP contribution >= 0.6 is 23.2 Å². The number of halogens is 3. The Morgan fingerprint density at radius 2 is 1.73 bits per heavy atom. The first kappa shape index (κ1) is 28.6. The third-order valence-corrected chi connectivity index (χ3v) is 9.68. The van der Waals surface area contributed by atoms with E-state index in [0.717, 1.165) is 15.4 Å². The van der Waals surface area contributed by atoms with Crippen LogP contribution in [0, 0.1) is 11.7 Å². The number of rotatable bonds is 6. The third kappa shape index (κ3) is 5.50. The van der Waals surface area contributed by atoms with E-state index in [1.54, 1.807) is 35.2 Å². The van der Waals surface area contributed by atoms with Gasteiger partial charge in [-0.1, -0.05) is 78.7 Å². The van der Waals surface area contributed by atoms with Gasteiger partial charge in [0.1, 0.15) is 18.0 Å². The molecule has 10 heteroatoms. The molecule has 0 N–H and O–H groups in total. The Balaban J connectivity index is 1.66. The molecule has 0 aliphatic carbocycles. The van der Waals surface area contributed by atoms with Crippen LogP contribution in [0.2, 0.25) is 10.0 Å². The highest BCUT2D eigenvalue weighted by Crippen LogP contribution is 2.46. The van der Waals surface area contributed by atoms with Crippen molar-refractivity contribution in [3.63, 3.8) is 0 Å². The SMILES string of the molecule is C/C=C/[C@@H](C)[C@H]1O[C@H](c2cccc(Cl)c2)[C@@H](c2ccc(Cl)cc2)N([C@@H]2CN(c3ccccc3F)S(=O)(=O)C2)C1=O. The molecule has 3 aromatic rings. The minimum atomic E-state index is -3.93. The number of para-hydroxylation sites is 1. The van der Waals surface area contributed by atoms with Gasteiger partial charge in [0, 0.05) is 16.0 Å². The summed E-state index contributed by atoms with van der Waals surface area (Å²) in [5.74, 6) is -1.64. The van der Waals surface area contributed by atoms with Gasteiger partial charge < -0.3 is 9.64 Å². The molecule has 2 aliphatic heterocycles. The second-order valence-electron chi connectivity index (χ2n) is 10.1. The predicted molar refractivity (Wildman–Crippen MR) is 155 cm³/mol. The van der Waals surface area contributed by atoms with Gasteiger partial charge in [0.15, 0.2) is 0 Å². The summed E-state index contributed by atoms with van der Waals surface area (Å²) in [4.78, 5) is 15.9. The lowest BCUT2D eigenvalue weighted by Crippen LogP contribution is -2.57. The fourth-order valence-electron chi connectivity index (χ4n) is 5.58. The van der Waals surface area contributed by atoms with Crippen LogP contribution in [0.4, 0.5) is 10.1 Å². The van der Waals surface area contributed by atoms with Gasteiger partial charge in [0.25, 0.3) is 5.91 Å². The van der Waals surface area contributed by atoms with Gasteiger partial charge in [-0.2, -0.15) is 0 Å². The van der Waals surface area contributed by atoms with E-state index >= 15 is 0 Å². The minimum Gasteiger partial charge on any atom is -0.357 e. The summed E-state index contributed by atoms with van der Waals surface area (Å²) in [6.07, 6.45) is 2.19. The number of nitrogens with zero attached hydrogens (tertiary/aromatic N) is 2. The smallest absolute Gasteiger partial charge is 0.253 e. The number of anilines is 1. The third-order valence-electron chi connectivity index (χ3n) is 7.37. The molecule has 5 rings (SSSR count). The van der Waals surface area contributed by atoms with E-state index in [1.165, 1.54) is 18.2 Å². The Kier molecular flexibility index (Phi) is 8.25. The number of sulfonamides is 1. The first-order chi connectivity index (χ1) is 19.1. The number of amides is 1. The van der Waals surface area contributed by atoms with Crippen LogP contribution in [-0.2, 0) is 19.6 Å². The van der Waals surface area contributed by atoms with E-state index in [-0.39, 0.29) is 29.8 Å². The van der Waals surface area contributed by atoms with E-state index in [0.29, 0.717) is 10.0 Å². The second-order valence-corrected chi connectivity index (χ2v) is 12.9. The van der Waals surface area contributed by atoms with Crippen LogP contribution in [-0.4, -0.2) is 43.7 Å². The maximum atomic E-state index is 14.7. The van der Waals surface area contributed by atoms with Crippen molar-refractivity contribution in [2.45, 2.75) is 38.1 Å². The van der Waals surface area contributed by atoms with Crippen molar-refractivity contribution in [3.05, 3.63) is 112 Å². The van der Waals surface area contributed by atoms with Crippen LogP contribution in [0.3, 0.4) is 0 Å². The Morgan fingerprint density at radius 1 is 1.00 bits per heavy atom. The Morgan fingerprint density at radius 3 is 2.40 bits per heavy atom. The fourth-order valence-corrected chi connectivity index (χ4v) is 7.69. The molecule has 0 unspecified atom stereocenters. The molecule has 0 saturated carbocycles. The van der Waals surface area contributed by atoms with E-state index in [2.05, 4.69) is 0 Å². The summed E-state index contributed by atoms with van der Waals surface area (Å²) in [5.41, 5.74) is 1.43. The number of hydrogen-bond acceptors (Lipinski definition) is 4. The Labute approximate surface area is 244 Å². The molecule has 2 saturated heterocycles. The topological polar surface area (TPSA) is 66.9 Å². The molecule has 2 aliphatic rings. The van der Waals surface area contributed by atoms with E-state index in [1.807, 2.05) is 50.3 Å². The lowest BCUT2D eigenvalue weighted by Gasteiger charge is -2.48. The number of carbonyl (C=O) groups is 1. The van der Waals surface area contributed by atoms with Crippen molar-refractivity contribution in [3.8, 4) is 0 Å². The van der Waals surface area contributed by atoms with Crippen molar-refractivity contribution < 1.29 is 22.3 Å². The maximum absolute atomic E-state index is 14.7. The van der Waals surface area contributed by atoms with Crippen molar-refractivity contribution in [2.24, 2.45) is 5.92 Å². The first-order valence-electron chi connectivity index (χ1n) is 13.0. The van der Waals surface area contributed by atoms with Crippen LogP contribution in [0.1, 0.15) is 37.1 Å². The predicted octanol–water partition coefficient (Wildman–Crippen LogP) is 6.57. The van der Waals surface area contributed by atoms with E-state index in [9.17, 15) is 17.6 Å². The van der Waals surface area contributed by atoms with Crippen molar-refractivity contribution in [1.82, 2.24) is 4.90 Å². The average Bonchev–Trinajstić information content (AvgIpc) is 3.23. The van der Waals surface area contributed by atoms with Crippen LogP contribution in [0.15, 0.2) is 84.9 Å². The Hall–Kier alpha value is -2.91. The van der Waals surface area contributed by atoms with E-state index in [4.69, 9.17) is 27.9 Å². The number of morpholine rings is 1. The van der Waals surface area contributed by atoms with Crippen molar-refractivity contribution in [1.29, 1.82) is 0 Å². The highest BCUT2D eigenvalue weighted by atomic mass is 35.5. The molecular weight excluding hydrogens is 574 g/mol. The molecule has 3 aromatic carbocycles. The van der Waals surface area contributed by atoms with Gasteiger partial charge in [0.05, 0.1) is 30.1 Å². The van der Waals surface area contributed by atoms with Crippen molar-refractivity contribution >= 4 is 44.8 Å². The zero-order valence-corrected chi connectivity index (χ0v) is 24.3. The summed E-state index contributed by atoms with van der Waals surface area (Å²) in [6.45, 7) is 3.66. The lowest BCUT2D eigenvalue weighted by atomic mass is 9.88. The quantitative estimate of drug-likeness (QED) is 0.299. The number of carbonyl (C=O) groups excluding carboxylic acids is 1. The summed E-state index contributed by atoms with van der Waals surface area (Å²) in [6, 6.07) is 18.6. The summed E-state index contributed by atoms with van der Waals surface area (Å²) < 4.78 is 49.2. The molecule has 0 aromatic heterocycles. The monoisotopic (exact) mass is 602 g/mol. The fraction of sp³-hybridized carbons (Fsp3) is 0.300. The molecule has 0 bridgehead atoms. The molecule has 0 spiro atoms. The molecule has 5 atom stereocenters. The molecule has 2 heterocycles. The van der Waals surface area contributed by atoms with Gasteiger partial charge >= 0.3 is 0 Å². The summed E-state index contributed by atoms with van der Waals surface area (Å²) in [5, 5.41) is 1.03.